The van der Waals surface area contributed by atoms with Crippen LogP contribution in [-0.2, 0) is 19.1 Å². The minimum atomic E-state index is -1.16. The first-order chi connectivity index (χ1) is 22.8. The van der Waals surface area contributed by atoms with Crippen LogP contribution in [0.5, 0.6) is 0 Å². The number of aliphatic carboxylic acids is 1. The number of carbonyl (C=O) groups is 4. The summed E-state index contributed by atoms with van der Waals surface area (Å²) in [5, 5.41) is 13.1. The van der Waals surface area contributed by atoms with Crippen LogP contribution in [0.3, 0.4) is 0 Å². The summed E-state index contributed by atoms with van der Waals surface area (Å²) in [7, 11) is 0. The number of hydrogen-bond donors (Lipinski definition) is 2. The lowest BCUT2D eigenvalue weighted by Crippen LogP contribution is -2.64. The number of esters is 1. The summed E-state index contributed by atoms with van der Waals surface area (Å²) in [4.78, 5) is 52.4. The Bertz CT molecular complexity index is 1590. The Balaban J connectivity index is 1.27. The number of carboxylic acid groups (broad SMARTS) is 1. The van der Waals surface area contributed by atoms with Crippen LogP contribution in [0, 0.1) is 58.2 Å². The van der Waals surface area contributed by atoms with E-state index in [1.165, 1.54) is 5.57 Å². The smallest absolute Gasteiger partial charge is 0.309 e. The molecule has 8 unspecified atom stereocenters. The highest BCUT2D eigenvalue weighted by molar-refractivity contribution is 6.03. The number of carbonyl (C=O) groups excluding carboxylic acids is 3. The number of aryl methyl sites for hydroxylation is 1. The highest BCUT2D eigenvalue weighted by Crippen LogP contribution is 2.72. The van der Waals surface area contributed by atoms with Gasteiger partial charge in [-0.1, -0.05) is 59.2 Å². The number of amides is 1. The van der Waals surface area contributed by atoms with Crippen molar-refractivity contribution in [1.29, 1.82) is 0 Å². The lowest BCUT2D eigenvalue weighted by Gasteiger charge is -2.68. The molecule has 2 N–H and O–H groups in total. The van der Waals surface area contributed by atoms with E-state index < -0.39 is 22.9 Å². The second-order valence-corrected chi connectivity index (χ2v) is 18.7. The molecule has 0 aliphatic heterocycles. The van der Waals surface area contributed by atoms with Gasteiger partial charge < -0.3 is 15.2 Å². The largest absolute Gasteiger partial charge is 0.481 e. The topological polar surface area (TPSA) is 110 Å². The standard InChI is InChI=1S/C42H59NO6/c1-24(2)34-29(44)22-42(43-36(46)26-12-10-11-25(3)21-26)20-15-28-27(35(34)42)13-14-31-40(28,8)18-16-30-39(6,7)32(17-19-41(30,31)9)49-33(45)23-38(4,5)37(47)48/h10-12,21,24,27-28,30-32H,13-20,22-23H2,1-9H3,(H,43,46)(H,47,48). The molecule has 1 aromatic rings. The van der Waals surface area contributed by atoms with Crippen LogP contribution in [0.1, 0.15) is 136 Å². The van der Waals surface area contributed by atoms with Crippen molar-refractivity contribution in [3.63, 3.8) is 0 Å². The van der Waals surface area contributed by atoms with Crippen molar-refractivity contribution in [3.8, 4) is 0 Å². The number of rotatable bonds is 7. The summed E-state index contributed by atoms with van der Waals surface area (Å²) in [5.41, 5.74) is 2.09. The predicted octanol–water partition coefficient (Wildman–Crippen LogP) is 8.48. The molecule has 7 heteroatoms. The van der Waals surface area contributed by atoms with Gasteiger partial charge in [0, 0.05) is 17.4 Å². The number of Topliss-reactive ketones (excluding diaryl/α,β-unsaturated/α-hetero) is 1. The average Bonchev–Trinajstić information content (AvgIpc) is 3.30. The van der Waals surface area contributed by atoms with Crippen LogP contribution < -0.4 is 5.32 Å². The normalized spacial score (nSPS) is 36.7. The molecule has 0 heterocycles. The first-order valence-corrected chi connectivity index (χ1v) is 18.9. The van der Waals surface area contributed by atoms with E-state index in [1.807, 2.05) is 31.2 Å². The fourth-order valence-electron chi connectivity index (χ4n) is 12.3. The predicted molar refractivity (Wildman–Crippen MR) is 190 cm³/mol. The minimum Gasteiger partial charge on any atom is -0.481 e. The Kier molecular flexibility index (Phi) is 8.84. The molecule has 268 valence electrons. The van der Waals surface area contributed by atoms with Gasteiger partial charge in [0.2, 0.25) is 0 Å². The zero-order valence-electron chi connectivity index (χ0n) is 31.3. The molecule has 5 aliphatic carbocycles. The summed E-state index contributed by atoms with van der Waals surface area (Å²) in [5.74, 6) is 0.428. The molecule has 4 saturated carbocycles. The zero-order valence-corrected chi connectivity index (χ0v) is 31.3. The monoisotopic (exact) mass is 673 g/mol. The molecule has 0 saturated heterocycles. The maximum absolute atomic E-state index is 13.8. The lowest BCUT2D eigenvalue weighted by atomic mass is 9.37. The van der Waals surface area contributed by atoms with Gasteiger partial charge in [-0.05, 0) is 136 Å². The maximum atomic E-state index is 13.8. The molecule has 0 aromatic heterocycles. The van der Waals surface area contributed by atoms with Gasteiger partial charge in [0.25, 0.3) is 5.91 Å². The SMILES string of the molecule is Cc1cccc(C(=O)NC23CCC4C(CCC5C4(C)CCC4C(C)(C)C(OC(=O)CC(C)(C)C(=O)O)CCC45C)C2=C(C(C)C)C(=O)C3)c1. The molecule has 6 rings (SSSR count). The molecule has 5 aliphatic rings. The molecular weight excluding hydrogens is 614 g/mol. The highest BCUT2D eigenvalue weighted by atomic mass is 16.5. The second-order valence-electron chi connectivity index (χ2n) is 18.7. The Morgan fingerprint density at radius 2 is 1.65 bits per heavy atom. The van der Waals surface area contributed by atoms with Crippen LogP contribution in [0.25, 0.3) is 0 Å². The van der Waals surface area contributed by atoms with Crippen molar-refractivity contribution in [2.24, 2.45) is 51.2 Å². The van der Waals surface area contributed by atoms with E-state index in [9.17, 15) is 24.3 Å². The van der Waals surface area contributed by atoms with Crippen LogP contribution in [0.2, 0.25) is 0 Å². The molecule has 0 spiro atoms. The van der Waals surface area contributed by atoms with Gasteiger partial charge in [0.15, 0.2) is 5.78 Å². The Labute approximate surface area is 293 Å². The Morgan fingerprint density at radius 1 is 0.959 bits per heavy atom. The van der Waals surface area contributed by atoms with Crippen LogP contribution in [0.4, 0.5) is 0 Å². The molecule has 0 radical (unpaired) electrons. The van der Waals surface area contributed by atoms with Gasteiger partial charge in [-0.3, -0.25) is 19.2 Å². The fourth-order valence-corrected chi connectivity index (χ4v) is 12.3. The van der Waals surface area contributed by atoms with Gasteiger partial charge >= 0.3 is 11.9 Å². The number of nitrogens with one attached hydrogen (secondary N) is 1. The molecule has 8 atom stereocenters. The maximum Gasteiger partial charge on any atom is 0.309 e. The van der Waals surface area contributed by atoms with Crippen LogP contribution >= 0.6 is 0 Å². The van der Waals surface area contributed by atoms with Crippen LogP contribution in [-0.4, -0.2) is 40.4 Å². The fraction of sp³-hybridized carbons (Fsp3) is 0.714. The van der Waals surface area contributed by atoms with E-state index in [-0.39, 0.29) is 52.3 Å². The second kappa shape index (κ2) is 12.1. The summed E-state index contributed by atoms with van der Waals surface area (Å²) in [6, 6.07) is 7.72. The molecular formula is C42H59NO6. The molecule has 1 amide bonds. The van der Waals surface area contributed by atoms with Crippen LogP contribution in [0.15, 0.2) is 35.4 Å². The third-order valence-electron chi connectivity index (χ3n) is 14.6. The Hall–Kier alpha value is -2.96. The van der Waals surface area contributed by atoms with Gasteiger partial charge in [0.1, 0.15) is 6.10 Å². The van der Waals surface area contributed by atoms with E-state index in [0.29, 0.717) is 29.7 Å². The number of fused-ring (bicyclic) bond motifs is 7. The van der Waals surface area contributed by atoms with Gasteiger partial charge in [-0.2, -0.15) is 0 Å². The molecule has 0 bridgehead atoms. The lowest BCUT2D eigenvalue weighted by molar-refractivity contribution is -0.213. The first kappa shape index (κ1) is 35.9. The van der Waals surface area contributed by atoms with Crippen molar-refractivity contribution in [1.82, 2.24) is 5.32 Å². The number of carboxylic acids is 1. The number of hydrogen-bond acceptors (Lipinski definition) is 5. The van der Waals surface area contributed by atoms with E-state index >= 15 is 0 Å². The molecule has 49 heavy (non-hydrogen) atoms. The van der Waals surface area contributed by atoms with Crippen molar-refractivity contribution in [2.75, 3.05) is 0 Å². The third-order valence-corrected chi connectivity index (χ3v) is 14.6. The molecule has 4 fully saturated rings. The van der Waals surface area contributed by atoms with Gasteiger partial charge in [0.05, 0.1) is 17.4 Å². The Morgan fingerprint density at radius 3 is 2.31 bits per heavy atom. The molecule has 1 aromatic carbocycles. The van der Waals surface area contributed by atoms with E-state index in [0.717, 1.165) is 62.5 Å². The van der Waals surface area contributed by atoms with Crippen molar-refractivity contribution < 1.29 is 29.0 Å². The van der Waals surface area contributed by atoms with Crippen molar-refractivity contribution >= 4 is 23.6 Å². The molecule has 7 nitrogen and oxygen atoms in total. The van der Waals surface area contributed by atoms with Gasteiger partial charge in [-0.15, -0.1) is 0 Å². The minimum absolute atomic E-state index is 0.0827. The van der Waals surface area contributed by atoms with E-state index in [2.05, 4.69) is 46.9 Å². The number of ketones is 1. The number of ether oxygens (including phenoxy) is 1. The zero-order chi connectivity index (χ0) is 35.9. The first-order valence-electron chi connectivity index (χ1n) is 18.9. The van der Waals surface area contributed by atoms with Crippen molar-refractivity contribution in [2.45, 2.75) is 138 Å². The van der Waals surface area contributed by atoms with E-state index in [4.69, 9.17) is 4.74 Å². The average molecular weight is 674 g/mol. The third kappa shape index (κ3) is 5.69. The highest BCUT2D eigenvalue weighted by Gasteiger charge is 2.67. The summed E-state index contributed by atoms with van der Waals surface area (Å²) in [6.45, 7) is 19.0. The summed E-state index contributed by atoms with van der Waals surface area (Å²) in [6.07, 6.45) is 7.81. The van der Waals surface area contributed by atoms with E-state index in [1.54, 1.807) is 13.8 Å². The van der Waals surface area contributed by atoms with Gasteiger partial charge in [-0.25, -0.2) is 0 Å². The summed E-state index contributed by atoms with van der Waals surface area (Å²) >= 11 is 0. The van der Waals surface area contributed by atoms with Crippen molar-refractivity contribution in [3.05, 3.63) is 46.5 Å². The quantitative estimate of drug-likeness (QED) is 0.281. The number of benzene rings is 1. The summed E-state index contributed by atoms with van der Waals surface area (Å²) < 4.78 is 6.13. The number of allylic oxidation sites excluding steroid dienone is 1.